The molecule has 0 heterocycles. The molecule has 0 radical (unpaired) electrons. The van der Waals surface area contributed by atoms with Crippen LogP contribution in [0.4, 0.5) is 4.79 Å². The van der Waals surface area contributed by atoms with Gasteiger partial charge in [0.15, 0.2) is 0 Å². The normalized spacial score (nSPS) is 12.8. The molecule has 1 unspecified atom stereocenters. The third kappa shape index (κ3) is 8.03. The van der Waals surface area contributed by atoms with Gasteiger partial charge in [0.25, 0.3) is 0 Å². The smallest absolute Gasteiger partial charge is 0.410 e. The predicted octanol–water partition coefficient (Wildman–Crippen LogP) is 3.90. The number of carbonyl (C=O) groups is 1. The first-order valence-electron chi connectivity index (χ1n) is 8.29. The van der Waals surface area contributed by atoms with Crippen LogP contribution in [-0.2, 0) is 11.3 Å². The highest BCUT2D eigenvalue weighted by molar-refractivity contribution is 5.67. The third-order valence-corrected chi connectivity index (χ3v) is 3.39. The number of rotatable bonds is 6. The van der Waals surface area contributed by atoms with Gasteiger partial charge in [-0.3, -0.25) is 0 Å². The standard InChI is InChI=1S/C19H32N2O2/c1-14-8-15(2)10-17(9-14)12-20-11-16(3)13-21(7)18(22)23-19(4,5)6/h8-10,16,20H,11-13H2,1-7H3. The molecule has 0 spiro atoms. The zero-order valence-corrected chi connectivity index (χ0v) is 15.7. The number of hydrogen-bond acceptors (Lipinski definition) is 3. The molecule has 0 saturated heterocycles. The van der Waals surface area contributed by atoms with Crippen molar-refractivity contribution in [1.29, 1.82) is 0 Å². The highest BCUT2D eigenvalue weighted by Crippen LogP contribution is 2.11. The Labute approximate surface area is 141 Å². The Morgan fingerprint density at radius 1 is 1.22 bits per heavy atom. The maximum Gasteiger partial charge on any atom is 0.410 e. The molecule has 0 fully saturated rings. The van der Waals surface area contributed by atoms with E-state index in [1.54, 1.807) is 11.9 Å². The van der Waals surface area contributed by atoms with Crippen molar-refractivity contribution in [3.8, 4) is 0 Å². The molecule has 23 heavy (non-hydrogen) atoms. The first-order chi connectivity index (χ1) is 10.6. The second kappa shape index (κ2) is 8.34. The molecule has 1 aromatic rings. The van der Waals surface area contributed by atoms with E-state index >= 15 is 0 Å². The van der Waals surface area contributed by atoms with Crippen molar-refractivity contribution < 1.29 is 9.53 Å². The molecule has 0 bridgehead atoms. The molecule has 130 valence electrons. The SMILES string of the molecule is Cc1cc(C)cc(CNCC(C)CN(C)C(=O)OC(C)(C)C)c1. The van der Waals surface area contributed by atoms with Crippen molar-refractivity contribution >= 4 is 6.09 Å². The van der Waals surface area contributed by atoms with Crippen molar-refractivity contribution in [2.24, 2.45) is 5.92 Å². The molecule has 1 N–H and O–H groups in total. The van der Waals surface area contributed by atoms with Gasteiger partial charge in [0, 0.05) is 20.1 Å². The minimum atomic E-state index is -0.449. The Morgan fingerprint density at radius 2 is 1.78 bits per heavy atom. The molecular weight excluding hydrogens is 288 g/mol. The van der Waals surface area contributed by atoms with Gasteiger partial charge in [-0.1, -0.05) is 36.2 Å². The summed E-state index contributed by atoms with van der Waals surface area (Å²) in [6, 6.07) is 6.59. The lowest BCUT2D eigenvalue weighted by atomic mass is 10.1. The Kier molecular flexibility index (Phi) is 7.07. The lowest BCUT2D eigenvalue weighted by Gasteiger charge is -2.26. The van der Waals surface area contributed by atoms with Crippen LogP contribution in [0.1, 0.15) is 44.4 Å². The zero-order chi connectivity index (χ0) is 17.6. The van der Waals surface area contributed by atoms with Crippen LogP contribution in [0.25, 0.3) is 0 Å². The number of benzene rings is 1. The van der Waals surface area contributed by atoms with Crippen LogP contribution >= 0.6 is 0 Å². The summed E-state index contributed by atoms with van der Waals surface area (Å²) in [5, 5.41) is 3.47. The van der Waals surface area contributed by atoms with Crippen molar-refractivity contribution in [3.63, 3.8) is 0 Å². The maximum atomic E-state index is 11.9. The molecular formula is C19H32N2O2. The van der Waals surface area contributed by atoms with Crippen LogP contribution in [0.15, 0.2) is 18.2 Å². The van der Waals surface area contributed by atoms with Gasteiger partial charge in [0.05, 0.1) is 0 Å². The van der Waals surface area contributed by atoms with Crippen molar-refractivity contribution in [2.45, 2.75) is 53.7 Å². The minimum absolute atomic E-state index is 0.265. The van der Waals surface area contributed by atoms with Crippen LogP contribution in [0.5, 0.6) is 0 Å². The van der Waals surface area contributed by atoms with Crippen LogP contribution in [-0.4, -0.2) is 36.7 Å². The van der Waals surface area contributed by atoms with E-state index in [2.05, 4.69) is 44.3 Å². The van der Waals surface area contributed by atoms with Crippen molar-refractivity contribution in [1.82, 2.24) is 10.2 Å². The van der Waals surface area contributed by atoms with Crippen LogP contribution in [0.3, 0.4) is 0 Å². The molecule has 0 aromatic heterocycles. The minimum Gasteiger partial charge on any atom is -0.444 e. The van der Waals surface area contributed by atoms with E-state index in [9.17, 15) is 4.79 Å². The van der Waals surface area contributed by atoms with Crippen molar-refractivity contribution in [3.05, 3.63) is 34.9 Å². The number of nitrogens with zero attached hydrogens (tertiary/aromatic N) is 1. The quantitative estimate of drug-likeness (QED) is 0.864. The molecule has 0 saturated carbocycles. The average Bonchev–Trinajstić information content (AvgIpc) is 2.35. The van der Waals surface area contributed by atoms with Gasteiger partial charge in [0.1, 0.15) is 5.60 Å². The second-order valence-corrected chi connectivity index (χ2v) is 7.59. The van der Waals surface area contributed by atoms with Gasteiger partial charge in [-0.25, -0.2) is 4.79 Å². The number of aryl methyl sites for hydroxylation is 2. The lowest BCUT2D eigenvalue weighted by Crippen LogP contribution is -2.38. The summed E-state index contributed by atoms with van der Waals surface area (Å²) in [5.74, 6) is 0.360. The zero-order valence-electron chi connectivity index (χ0n) is 15.7. The summed E-state index contributed by atoms with van der Waals surface area (Å²) in [5.41, 5.74) is 3.43. The van der Waals surface area contributed by atoms with Crippen LogP contribution in [0.2, 0.25) is 0 Å². The van der Waals surface area contributed by atoms with E-state index in [1.165, 1.54) is 16.7 Å². The Bertz CT molecular complexity index is 500. The Balaban J connectivity index is 2.36. The molecule has 4 nitrogen and oxygen atoms in total. The summed E-state index contributed by atoms with van der Waals surface area (Å²) in [4.78, 5) is 13.6. The van der Waals surface area contributed by atoms with Gasteiger partial charge < -0.3 is 15.0 Å². The topological polar surface area (TPSA) is 41.6 Å². The van der Waals surface area contributed by atoms with Crippen molar-refractivity contribution in [2.75, 3.05) is 20.1 Å². The molecule has 0 aliphatic carbocycles. The van der Waals surface area contributed by atoms with E-state index < -0.39 is 5.60 Å². The number of ether oxygens (including phenoxy) is 1. The summed E-state index contributed by atoms with van der Waals surface area (Å²) < 4.78 is 5.37. The van der Waals surface area contributed by atoms with E-state index in [1.807, 2.05) is 20.8 Å². The van der Waals surface area contributed by atoms with Gasteiger partial charge in [-0.05, 0) is 52.6 Å². The van der Waals surface area contributed by atoms with E-state index in [0.717, 1.165) is 13.1 Å². The first-order valence-corrected chi connectivity index (χ1v) is 8.29. The molecule has 1 amide bonds. The molecule has 1 atom stereocenters. The third-order valence-electron chi connectivity index (χ3n) is 3.39. The first kappa shape index (κ1) is 19.5. The number of nitrogens with one attached hydrogen (secondary N) is 1. The van der Waals surface area contributed by atoms with E-state index in [0.29, 0.717) is 12.5 Å². The monoisotopic (exact) mass is 320 g/mol. The fraction of sp³-hybridized carbons (Fsp3) is 0.632. The summed E-state index contributed by atoms with van der Waals surface area (Å²) >= 11 is 0. The van der Waals surface area contributed by atoms with Gasteiger partial charge in [-0.2, -0.15) is 0 Å². The number of hydrogen-bond donors (Lipinski definition) is 1. The average molecular weight is 320 g/mol. The number of carbonyl (C=O) groups excluding carboxylic acids is 1. The number of amides is 1. The molecule has 0 aliphatic heterocycles. The maximum absolute atomic E-state index is 11.9. The highest BCUT2D eigenvalue weighted by Gasteiger charge is 2.20. The second-order valence-electron chi connectivity index (χ2n) is 7.59. The van der Waals surface area contributed by atoms with Gasteiger partial charge in [-0.15, -0.1) is 0 Å². The lowest BCUT2D eigenvalue weighted by molar-refractivity contribution is 0.0277. The summed E-state index contributed by atoms with van der Waals surface area (Å²) in [6.07, 6.45) is -0.265. The predicted molar refractivity (Wildman–Crippen MR) is 95.7 cm³/mol. The van der Waals surface area contributed by atoms with Gasteiger partial charge in [0.2, 0.25) is 0 Å². The van der Waals surface area contributed by atoms with Crippen LogP contribution in [0, 0.1) is 19.8 Å². The fourth-order valence-electron chi connectivity index (χ4n) is 2.58. The van der Waals surface area contributed by atoms with Gasteiger partial charge >= 0.3 is 6.09 Å². The summed E-state index contributed by atoms with van der Waals surface area (Å²) in [6.45, 7) is 14.4. The van der Waals surface area contributed by atoms with E-state index in [4.69, 9.17) is 4.74 Å². The molecule has 1 rings (SSSR count). The fourth-order valence-corrected chi connectivity index (χ4v) is 2.58. The largest absolute Gasteiger partial charge is 0.444 e. The molecule has 0 aliphatic rings. The molecule has 4 heteroatoms. The van der Waals surface area contributed by atoms with Crippen LogP contribution < -0.4 is 5.32 Å². The highest BCUT2D eigenvalue weighted by atomic mass is 16.6. The Hall–Kier alpha value is -1.55. The summed E-state index contributed by atoms with van der Waals surface area (Å²) in [7, 11) is 1.79. The Morgan fingerprint density at radius 3 is 2.30 bits per heavy atom. The molecule has 1 aromatic carbocycles. The van der Waals surface area contributed by atoms with E-state index in [-0.39, 0.29) is 6.09 Å².